The van der Waals surface area contributed by atoms with Gasteiger partial charge < -0.3 is 35.4 Å². The van der Waals surface area contributed by atoms with Gasteiger partial charge in [0.05, 0.1) is 6.42 Å². The van der Waals surface area contributed by atoms with Gasteiger partial charge in [-0.3, -0.25) is 19.3 Å². The molecule has 2 aromatic carbocycles. The SMILES string of the molecule is Cc1ccccc1NC(=O)Nc1ccc(CN2C(=O)N(CC(=O)N[C@@H](CC(=O)O)C3C=CC4=C(C3)OCO4)C(=O)C2(C)C)cc1. The Balaban J connectivity index is 1.19. The molecule has 1 saturated heterocycles. The van der Waals surface area contributed by atoms with E-state index in [0.29, 0.717) is 34.9 Å². The third-order valence-electron chi connectivity index (χ3n) is 8.05. The lowest BCUT2D eigenvalue weighted by molar-refractivity contribution is -0.139. The van der Waals surface area contributed by atoms with E-state index in [0.717, 1.165) is 10.5 Å². The maximum absolute atomic E-state index is 13.4. The average Bonchev–Trinajstić information content (AvgIpc) is 3.52. The number of urea groups is 2. The molecule has 0 saturated carbocycles. The first-order valence-electron chi connectivity index (χ1n) is 14.5. The van der Waals surface area contributed by atoms with Crippen molar-refractivity contribution >= 4 is 41.2 Å². The van der Waals surface area contributed by atoms with Crippen molar-refractivity contribution in [2.45, 2.75) is 51.7 Å². The second-order valence-corrected chi connectivity index (χ2v) is 11.6. The van der Waals surface area contributed by atoms with Crippen molar-refractivity contribution in [2.75, 3.05) is 24.0 Å². The van der Waals surface area contributed by atoms with Crippen molar-refractivity contribution in [3.63, 3.8) is 0 Å². The Bertz CT molecular complexity index is 1580. The molecule has 1 fully saturated rings. The molecule has 1 unspecified atom stereocenters. The van der Waals surface area contributed by atoms with Gasteiger partial charge in [0, 0.05) is 36.3 Å². The summed E-state index contributed by atoms with van der Waals surface area (Å²) in [7, 11) is 0. The van der Waals surface area contributed by atoms with Crippen LogP contribution >= 0.6 is 0 Å². The molecule has 0 aromatic heterocycles. The number of allylic oxidation sites excluding steroid dienone is 2. The molecular weight excluding hydrogens is 582 g/mol. The maximum atomic E-state index is 13.4. The molecule has 0 bridgehead atoms. The van der Waals surface area contributed by atoms with E-state index in [1.807, 2.05) is 25.1 Å². The fraction of sp³-hybridized carbons (Fsp3) is 0.344. The van der Waals surface area contributed by atoms with Crippen LogP contribution in [0.1, 0.15) is 37.8 Å². The van der Waals surface area contributed by atoms with Gasteiger partial charge in [-0.25, -0.2) is 9.59 Å². The Morgan fingerprint density at radius 2 is 1.78 bits per heavy atom. The molecule has 2 aromatic rings. The van der Waals surface area contributed by atoms with E-state index in [2.05, 4.69) is 16.0 Å². The lowest BCUT2D eigenvalue weighted by Crippen LogP contribution is -2.48. The van der Waals surface area contributed by atoms with Crippen LogP contribution in [-0.2, 0) is 30.4 Å². The zero-order valence-corrected chi connectivity index (χ0v) is 25.2. The van der Waals surface area contributed by atoms with E-state index in [9.17, 15) is 29.1 Å². The van der Waals surface area contributed by atoms with E-state index in [4.69, 9.17) is 9.47 Å². The number of carboxylic acid groups (broad SMARTS) is 1. The maximum Gasteiger partial charge on any atom is 0.328 e. The topological polar surface area (TPSA) is 167 Å². The van der Waals surface area contributed by atoms with E-state index >= 15 is 0 Å². The highest BCUT2D eigenvalue weighted by atomic mass is 16.7. The number of anilines is 2. The van der Waals surface area contributed by atoms with E-state index in [1.54, 1.807) is 56.3 Å². The number of hydrogen-bond acceptors (Lipinski definition) is 7. The van der Waals surface area contributed by atoms with Crippen LogP contribution in [0.25, 0.3) is 0 Å². The summed E-state index contributed by atoms with van der Waals surface area (Å²) in [6.07, 6.45) is 3.43. The van der Waals surface area contributed by atoms with Crippen molar-refractivity contribution in [1.29, 1.82) is 0 Å². The molecule has 0 radical (unpaired) electrons. The Hall–Kier alpha value is -5.33. The van der Waals surface area contributed by atoms with Crippen LogP contribution in [0.3, 0.4) is 0 Å². The van der Waals surface area contributed by atoms with Crippen molar-refractivity contribution in [2.24, 2.45) is 5.92 Å². The summed E-state index contributed by atoms with van der Waals surface area (Å²) >= 11 is 0. The van der Waals surface area contributed by atoms with Crippen LogP contribution in [0.4, 0.5) is 21.0 Å². The number of ether oxygens (including phenoxy) is 2. The van der Waals surface area contributed by atoms with E-state index in [1.165, 1.54) is 4.90 Å². The summed E-state index contributed by atoms with van der Waals surface area (Å²) in [4.78, 5) is 66.1. The Morgan fingerprint density at radius 1 is 1.04 bits per heavy atom. The molecule has 4 N–H and O–H groups in total. The molecule has 2 heterocycles. The van der Waals surface area contributed by atoms with Crippen molar-refractivity contribution < 1.29 is 38.6 Å². The quantitative estimate of drug-likeness (QED) is 0.291. The van der Waals surface area contributed by atoms with Crippen molar-refractivity contribution in [3.05, 3.63) is 83.3 Å². The number of carbonyl (C=O) groups excluding carboxylic acids is 4. The summed E-state index contributed by atoms with van der Waals surface area (Å²) in [6.45, 7) is 4.70. The fourth-order valence-electron chi connectivity index (χ4n) is 5.48. The number of aryl methyl sites for hydroxylation is 1. The number of hydrogen-bond donors (Lipinski definition) is 4. The van der Waals surface area contributed by atoms with Crippen molar-refractivity contribution in [3.8, 4) is 0 Å². The minimum absolute atomic E-state index is 0.0792. The second-order valence-electron chi connectivity index (χ2n) is 11.6. The van der Waals surface area contributed by atoms with E-state index in [-0.39, 0.29) is 25.7 Å². The summed E-state index contributed by atoms with van der Waals surface area (Å²) in [5.74, 6) is -1.52. The molecule has 3 aliphatic rings. The highest BCUT2D eigenvalue weighted by Crippen LogP contribution is 2.33. The summed E-state index contributed by atoms with van der Waals surface area (Å²) in [5, 5.41) is 17.7. The van der Waals surface area contributed by atoms with Crippen LogP contribution in [0.5, 0.6) is 0 Å². The first-order valence-corrected chi connectivity index (χ1v) is 14.5. The second kappa shape index (κ2) is 12.7. The first-order chi connectivity index (χ1) is 21.4. The Kier molecular flexibility index (Phi) is 8.80. The van der Waals surface area contributed by atoms with Crippen LogP contribution in [0.2, 0.25) is 0 Å². The predicted molar refractivity (Wildman–Crippen MR) is 162 cm³/mol. The average molecular weight is 618 g/mol. The van der Waals surface area contributed by atoms with Gasteiger partial charge in [0.1, 0.15) is 17.8 Å². The largest absolute Gasteiger partial charge is 0.481 e. The molecular formula is C32H35N5O8. The molecule has 1 aliphatic carbocycles. The molecule has 2 aliphatic heterocycles. The van der Waals surface area contributed by atoms with Crippen LogP contribution < -0.4 is 16.0 Å². The zero-order valence-electron chi connectivity index (χ0n) is 25.2. The number of nitrogens with one attached hydrogen (secondary N) is 3. The number of carboxylic acids is 1. The highest BCUT2D eigenvalue weighted by molar-refractivity contribution is 6.08. The van der Waals surface area contributed by atoms with E-state index < -0.39 is 48.0 Å². The molecule has 0 spiro atoms. The number of para-hydroxylation sites is 1. The number of carbonyl (C=O) groups is 5. The molecule has 236 valence electrons. The van der Waals surface area contributed by atoms with Gasteiger partial charge in [0.25, 0.3) is 5.91 Å². The Labute approximate surface area is 259 Å². The fourth-order valence-corrected chi connectivity index (χ4v) is 5.48. The lowest BCUT2D eigenvalue weighted by Gasteiger charge is -2.27. The van der Waals surface area contributed by atoms with Gasteiger partial charge in [-0.2, -0.15) is 0 Å². The van der Waals surface area contributed by atoms with Crippen LogP contribution in [-0.4, -0.2) is 69.7 Å². The number of imide groups is 1. The van der Waals surface area contributed by atoms with Gasteiger partial charge in [0.2, 0.25) is 12.7 Å². The third-order valence-corrected chi connectivity index (χ3v) is 8.05. The molecule has 13 heteroatoms. The summed E-state index contributed by atoms with van der Waals surface area (Å²) in [6, 6.07) is 12.4. The monoisotopic (exact) mass is 617 g/mol. The molecule has 13 nitrogen and oxygen atoms in total. The third kappa shape index (κ3) is 6.92. The number of rotatable bonds is 10. The summed E-state index contributed by atoms with van der Waals surface area (Å²) in [5.41, 5.74) is 1.62. The van der Waals surface area contributed by atoms with Gasteiger partial charge in [0.15, 0.2) is 5.76 Å². The normalized spacial score (nSPS) is 19.0. The van der Waals surface area contributed by atoms with Crippen LogP contribution in [0.15, 0.2) is 72.2 Å². The molecule has 6 amide bonds. The standard InChI is InChI=1S/C32H35N5O8/c1-19-6-4-5-7-23(19)35-30(42)33-22-11-8-20(9-12-22)16-37-31(43)36(29(41)32(37,2)3)17-27(38)34-24(15-28(39)40)21-10-13-25-26(14-21)45-18-44-25/h4-13,21,24H,14-18H2,1-3H3,(H,34,38)(H,39,40)(H2,33,35,42)/t21?,24-/m0/s1. The lowest BCUT2D eigenvalue weighted by atomic mass is 9.89. The van der Waals surface area contributed by atoms with Gasteiger partial charge in [-0.05, 0) is 56.2 Å². The zero-order chi connectivity index (χ0) is 32.3. The van der Waals surface area contributed by atoms with Crippen LogP contribution in [0, 0.1) is 12.8 Å². The first kappa shape index (κ1) is 31.1. The minimum atomic E-state index is -1.24. The minimum Gasteiger partial charge on any atom is -0.481 e. The highest BCUT2D eigenvalue weighted by Gasteiger charge is 2.51. The Morgan fingerprint density at radius 3 is 2.49 bits per heavy atom. The predicted octanol–water partition coefficient (Wildman–Crippen LogP) is 3.93. The number of amides is 6. The van der Waals surface area contributed by atoms with Gasteiger partial charge >= 0.3 is 18.0 Å². The van der Waals surface area contributed by atoms with Gasteiger partial charge in [-0.1, -0.05) is 36.4 Å². The van der Waals surface area contributed by atoms with Gasteiger partial charge in [-0.15, -0.1) is 0 Å². The molecule has 45 heavy (non-hydrogen) atoms. The smallest absolute Gasteiger partial charge is 0.328 e. The molecule has 5 rings (SSSR count). The number of nitrogens with zero attached hydrogens (tertiary/aromatic N) is 2. The number of benzene rings is 2. The number of aliphatic carboxylic acids is 1. The molecule has 2 atom stereocenters. The van der Waals surface area contributed by atoms with Crippen molar-refractivity contribution in [1.82, 2.24) is 15.1 Å². The summed E-state index contributed by atoms with van der Waals surface area (Å²) < 4.78 is 10.8.